The number of likely N-dealkylation sites (tertiary alicyclic amines) is 1. The highest BCUT2D eigenvalue weighted by molar-refractivity contribution is 7.71. The molecule has 2 atom stereocenters. The minimum atomic E-state index is -0.241. The Morgan fingerprint density at radius 3 is 2.61 bits per heavy atom. The fraction of sp³-hybridized carbons (Fsp3) is 0.333. The summed E-state index contributed by atoms with van der Waals surface area (Å²) in [7, 11) is 1.66. The zero-order valence-electron chi connectivity index (χ0n) is 15.9. The Labute approximate surface area is 169 Å². The van der Waals surface area contributed by atoms with Gasteiger partial charge in [-0.1, -0.05) is 18.2 Å². The van der Waals surface area contributed by atoms with E-state index in [2.05, 4.69) is 0 Å². The second-order valence-corrected chi connectivity index (χ2v) is 7.53. The highest BCUT2D eigenvalue weighted by Gasteiger charge is 2.23. The summed E-state index contributed by atoms with van der Waals surface area (Å²) >= 11 is 5.80. The molecule has 1 fully saturated rings. The average molecular weight is 398 g/mol. The molecule has 1 unspecified atom stereocenters. The van der Waals surface area contributed by atoms with E-state index >= 15 is 0 Å². The number of nitrogens with one attached hydrogen (secondary N) is 1. The molecular weight excluding hydrogens is 372 g/mol. The Kier molecular flexibility index (Phi) is 5.57. The maximum atomic E-state index is 10.00. The molecule has 0 amide bonds. The smallest absolute Gasteiger partial charge is 0.207 e. The number of rotatable bonds is 5. The minimum absolute atomic E-state index is 0.241. The molecule has 0 radical (unpaired) electrons. The van der Waals surface area contributed by atoms with Crippen LogP contribution in [0.4, 0.5) is 0 Å². The molecule has 2 heterocycles. The minimum Gasteiger partial charge on any atom is -0.497 e. The summed E-state index contributed by atoms with van der Waals surface area (Å²) in [4.78, 5) is 1.30. The van der Waals surface area contributed by atoms with Gasteiger partial charge in [-0.05, 0) is 61.5 Å². The molecule has 1 saturated heterocycles. The van der Waals surface area contributed by atoms with Crippen LogP contribution >= 0.6 is 12.2 Å². The van der Waals surface area contributed by atoms with Crippen LogP contribution in [-0.2, 0) is 6.67 Å². The van der Waals surface area contributed by atoms with Crippen LogP contribution < -0.4 is 9.64 Å². The van der Waals surface area contributed by atoms with E-state index in [4.69, 9.17) is 22.1 Å². The molecule has 0 saturated carbocycles. The second kappa shape index (κ2) is 8.26. The third-order valence-electron chi connectivity index (χ3n) is 5.17. The standard InChI is InChI=1S/C21H24N4O2S/c1-27-19-11-9-16(10-12-19)20-22-24(15-23-13-5-8-18(26)14-23)21(28)25(20)17-6-3-2-4-7-17/h2-4,6-7,9-12,18,26H,5,8,13-15H2,1H3/p+1/t18-/m1/s1. The van der Waals surface area contributed by atoms with Gasteiger partial charge in [-0.2, -0.15) is 4.68 Å². The predicted octanol–water partition coefficient (Wildman–Crippen LogP) is 2.08. The lowest BCUT2D eigenvalue weighted by molar-refractivity contribution is -0.931. The van der Waals surface area contributed by atoms with E-state index in [0.29, 0.717) is 11.4 Å². The first-order valence-electron chi connectivity index (χ1n) is 9.57. The van der Waals surface area contributed by atoms with Crippen molar-refractivity contribution in [2.45, 2.75) is 25.6 Å². The number of nitrogens with zero attached hydrogens (tertiary/aromatic N) is 3. The summed E-state index contributed by atoms with van der Waals surface area (Å²) in [5.74, 6) is 1.61. The summed E-state index contributed by atoms with van der Waals surface area (Å²) in [6.07, 6.45) is 1.66. The molecule has 6 nitrogen and oxygen atoms in total. The van der Waals surface area contributed by atoms with E-state index in [1.54, 1.807) is 7.11 Å². The number of para-hydroxylation sites is 1. The molecule has 1 aromatic heterocycles. The lowest BCUT2D eigenvalue weighted by Gasteiger charge is -2.26. The van der Waals surface area contributed by atoms with Crippen molar-refractivity contribution >= 4 is 12.2 Å². The highest BCUT2D eigenvalue weighted by atomic mass is 32.1. The molecule has 1 aliphatic heterocycles. The number of aliphatic hydroxyl groups is 1. The van der Waals surface area contributed by atoms with Crippen molar-refractivity contribution < 1.29 is 14.7 Å². The Morgan fingerprint density at radius 2 is 1.93 bits per heavy atom. The van der Waals surface area contributed by atoms with Gasteiger partial charge in [0.15, 0.2) is 12.5 Å². The van der Waals surface area contributed by atoms with Gasteiger partial charge < -0.3 is 14.7 Å². The van der Waals surface area contributed by atoms with Crippen LogP contribution in [0.5, 0.6) is 5.75 Å². The molecule has 4 rings (SSSR count). The highest BCUT2D eigenvalue weighted by Crippen LogP contribution is 2.24. The summed E-state index contributed by atoms with van der Waals surface area (Å²) < 4.78 is 9.83. The molecule has 0 aliphatic carbocycles. The molecular formula is C21H25N4O2S+. The third kappa shape index (κ3) is 3.87. The van der Waals surface area contributed by atoms with Gasteiger partial charge in [-0.3, -0.25) is 4.57 Å². The number of piperidine rings is 1. The van der Waals surface area contributed by atoms with Gasteiger partial charge in [0.2, 0.25) is 4.77 Å². The monoisotopic (exact) mass is 397 g/mol. The number of hydrogen-bond donors (Lipinski definition) is 2. The van der Waals surface area contributed by atoms with Gasteiger partial charge in [0.1, 0.15) is 18.4 Å². The van der Waals surface area contributed by atoms with E-state index in [-0.39, 0.29) is 6.10 Å². The summed E-state index contributed by atoms with van der Waals surface area (Å²) in [6, 6.07) is 17.9. The van der Waals surface area contributed by atoms with Crippen LogP contribution in [0.25, 0.3) is 17.1 Å². The van der Waals surface area contributed by atoms with Gasteiger partial charge in [-0.15, -0.1) is 5.10 Å². The number of aromatic nitrogens is 3. The molecule has 1 aliphatic rings. The zero-order chi connectivity index (χ0) is 19.5. The van der Waals surface area contributed by atoms with E-state index in [9.17, 15) is 5.11 Å². The summed E-state index contributed by atoms with van der Waals surface area (Å²) in [5, 5.41) is 14.9. The van der Waals surface area contributed by atoms with E-state index < -0.39 is 0 Å². The first kappa shape index (κ1) is 18.9. The summed E-state index contributed by atoms with van der Waals surface area (Å²) in [6.45, 7) is 2.41. The second-order valence-electron chi connectivity index (χ2n) is 7.16. The molecule has 146 valence electrons. The van der Waals surface area contributed by atoms with Crippen LogP contribution in [0, 0.1) is 4.77 Å². The van der Waals surface area contributed by atoms with Crippen molar-refractivity contribution in [2.24, 2.45) is 0 Å². The molecule has 0 bridgehead atoms. The first-order chi connectivity index (χ1) is 13.7. The SMILES string of the molecule is COc1ccc(-c2nn(C[NH+]3CCC[C@@H](O)C3)c(=S)n2-c2ccccc2)cc1. The van der Waals surface area contributed by atoms with Gasteiger partial charge in [0.05, 0.1) is 13.7 Å². The van der Waals surface area contributed by atoms with Gasteiger partial charge in [0.25, 0.3) is 0 Å². The van der Waals surface area contributed by atoms with E-state index in [1.165, 1.54) is 4.90 Å². The summed E-state index contributed by atoms with van der Waals surface area (Å²) in [5.41, 5.74) is 1.96. The normalized spacial score (nSPS) is 19.5. The topological polar surface area (TPSA) is 56.6 Å². The molecule has 28 heavy (non-hydrogen) atoms. The Balaban J connectivity index is 1.76. The number of benzene rings is 2. The molecule has 7 heteroatoms. The Hall–Kier alpha value is -2.48. The van der Waals surface area contributed by atoms with Crippen LogP contribution in [0.1, 0.15) is 12.8 Å². The van der Waals surface area contributed by atoms with E-state index in [0.717, 1.165) is 48.8 Å². The van der Waals surface area contributed by atoms with E-state index in [1.807, 2.05) is 63.8 Å². The zero-order valence-corrected chi connectivity index (χ0v) is 16.7. The van der Waals surface area contributed by atoms with Crippen molar-refractivity contribution in [2.75, 3.05) is 20.2 Å². The maximum Gasteiger partial charge on any atom is 0.207 e. The van der Waals surface area contributed by atoms with Crippen LogP contribution in [0.15, 0.2) is 54.6 Å². The maximum absolute atomic E-state index is 10.00. The Morgan fingerprint density at radius 1 is 1.18 bits per heavy atom. The van der Waals surface area contributed by atoms with Gasteiger partial charge >= 0.3 is 0 Å². The predicted molar refractivity (Wildman–Crippen MR) is 110 cm³/mol. The quantitative estimate of drug-likeness (QED) is 0.648. The number of aliphatic hydroxyl groups excluding tert-OH is 1. The first-order valence-corrected chi connectivity index (χ1v) is 9.98. The molecule has 0 spiro atoms. The van der Waals surface area contributed by atoms with Crippen molar-refractivity contribution in [3.05, 3.63) is 59.4 Å². The number of ether oxygens (including phenoxy) is 1. The van der Waals surface area contributed by atoms with Crippen molar-refractivity contribution in [1.82, 2.24) is 14.3 Å². The van der Waals surface area contributed by atoms with Crippen molar-refractivity contribution in [3.63, 3.8) is 0 Å². The van der Waals surface area contributed by atoms with Crippen molar-refractivity contribution in [3.8, 4) is 22.8 Å². The molecule has 3 aromatic rings. The fourth-order valence-corrected chi connectivity index (χ4v) is 4.03. The number of hydrogen-bond acceptors (Lipinski definition) is 4. The fourth-order valence-electron chi connectivity index (χ4n) is 3.73. The lowest BCUT2D eigenvalue weighted by atomic mass is 10.1. The number of methoxy groups -OCH3 is 1. The third-order valence-corrected chi connectivity index (χ3v) is 5.56. The van der Waals surface area contributed by atoms with Crippen LogP contribution in [0.2, 0.25) is 0 Å². The van der Waals surface area contributed by atoms with Crippen molar-refractivity contribution in [1.29, 1.82) is 0 Å². The largest absolute Gasteiger partial charge is 0.497 e. The average Bonchev–Trinajstić information content (AvgIpc) is 3.05. The van der Waals surface area contributed by atoms with Gasteiger partial charge in [-0.25, -0.2) is 0 Å². The lowest BCUT2D eigenvalue weighted by Crippen LogP contribution is -3.13. The van der Waals surface area contributed by atoms with Crippen LogP contribution in [0.3, 0.4) is 0 Å². The Bertz CT molecular complexity index is 982. The van der Waals surface area contributed by atoms with Gasteiger partial charge in [0, 0.05) is 11.3 Å². The van der Waals surface area contributed by atoms with Crippen LogP contribution in [-0.4, -0.2) is 45.8 Å². The molecule has 2 N–H and O–H groups in total. The molecule has 2 aromatic carbocycles. The number of quaternary nitrogens is 1.